The molecule has 0 saturated heterocycles. The quantitative estimate of drug-likeness (QED) is 0.852. The number of anilines is 1. The predicted molar refractivity (Wildman–Crippen MR) is 82.2 cm³/mol. The van der Waals surface area contributed by atoms with E-state index in [0.717, 1.165) is 20.5 Å². The number of para-hydroxylation sites is 1. The minimum atomic E-state index is -3.31. The van der Waals surface area contributed by atoms with Gasteiger partial charge < -0.3 is 5.73 Å². The summed E-state index contributed by atoms with van der Waals surface area (Å²) in [6.07, 6.45) is 1.16. The third-order valence-electron chi connectivity index (χ3n) is 2.48. The molecule has 0 radical (unpaired) electrons. The molecule has 0 aromatic heterocycles. The van der Waals surface area contributed by atoms with E-state index in [1.165, 1.54) is 17.8 Å². The van der Waals surface area contributed by atoms with E-state index in [-0.39, 0.29) is 4.90 Å². The molecule has 2 aromatic carbocycles. The fraction of sp³-hybridized carbons (Fsp3) is 0.0769. The van der Waals surface area contributed by atoms with Gasteiger partial charge in [-0.15, -0.1) is 0 Å². The van der Waals surface area contributed by atoms with Gasteiger partial charge in [0.1, 0.15) is 0 Å². The first-order chi connectivity index (χ1) is 8.89. The molecule has 2 aromatic rings. The molecule has 19 heavy (non-hydrogen) atoms. The van der Waals surface area contributed by atoms with Crippen molar-refractivity contribution in [1.29, 1.82) is 0 Å². The van der Waals surface area contributed by atoms with E-state index in [1.54, 1.807) is 6.07 Å². The number of nitrogens with two attached hydrogens (primary N) is 1. The van der Waals surface area contributed by atoms with Gasteiger partial charge in [-0.05, 0) is 40.2 Å². The second-order valence-corrected chi connectivity index (χ2v) is 7.89. The summed E-state index contributed by atoms with van der Waals surface area (Å²) in [6, 6.07) is 12.8. The van der Waals surface area contributed by atoms with Gasteiger partial charge in [-0.1, -0.05) is 30.0 Å². The number of halogens is 1. The van der Waals surface area contributed by atoms with Crippen LogP contribution in [0.15, 0.2) is 61.6 Å². The van der Waals surface area contributed by atoms with Crippen molar-refractivity contribution in [2.45, 2.75) is 14.7 Å². The number of hydrogen-bond acceptors (Lipinski definition) is 4. The Morgan fingerprint density at radius 1 is 1.05 bits per heavy atom. The first kappa shape index (κ1) is 14.4. The summed E-state index contributed by atoms with van der Waals surface area (Å²) in [5.41, 5.74) is 6.25. The molecule has 0 atom stereocenters. The van der Waals surface area contributed by atoms with Crippen LogP contribution in [0.2, 0.25) is 0 Å². The van der Waals surface area contributed by atoms with E-state index in [9.17, 15) is 8.42 Å². The Kier molecular flexibility index (Phi) is 4.23. The second kappa shape index (κ2) is 5.56. The summed E-state index contributed by atoms with van der Waals surface area (Å²) in [5, 5.41) is 0. The van der Waals surface area contributed by atoms with Crippen LogP contribution in [0.3, 0.4) is 0 Å². The number of benzene rings is 2. The summed E-state index contributed by atoms with van der Waals surface area (Å²) < 4.78 is 24.2. The average Bonchev–Trinajstić information content (AvgIpc) is 2.33. The van der Waals surface area contributed by atoms with Crippen LogP contribution in [-0.4, -0.2) is 14.7 Å². The molecule has 2 rings (SSSR count). The monoisotopic (exact) mass is 357 g/mol. The SMILES string of the molecule is CS(=O)(=O)c1cccc(Sc2ccccc2Br)c1N. The van der Waals surface area contributed by atoms with Gasteiger partial charge in [-0.3, -0.25) is 0 Å². The van der Waals surface area contributed by atoms with Gasteiger partial charge >= 0.3 is 0 Å². The highest BCUT2D eigenvalue weighted by molar-refractivity contribution is 9.10. The Morgan fingerprint density at radius 2 is 1.68 bits per heavy atom. The summed E-state index contributed by atoms with van der Waals surface area (Å²) in [4.78, 5) is 1.89. The summed E-state index contributed by atoms with van der Waals surface area (Å²) >= 11 is 4.89. The first-order valence-electron chi connectivity index (χ1n) is 5.40. The second-order valence-electron chi connectivity index (χ2n) is 3.97. The highest BCUT2D eigenvalue weighted by atomic mass is 79.9. The maximum Gasteiger partial charge on any atom is 0.177 e. The molecule has 3 nitrogen and oxygen atoms in total. The smallest absolute Gasteiger partial charge is 0.177 e. The predicted octanol–water partition coefficient (Wildman–Crippen LogP) is 3.59. The largest absolute Gasteiger partial charge is 0.397 e. The lowest BCUT2D eigenvalue weighted by Crippen LogP contribution is -2.03. The maximum atomic E-state index is 11.6. The van der Waals surface area contributed by atoms with Gasteiger partial charge in [0.15, 0.2) is 9.84 Å². The van der Waals surface area contributed by atoms with E-state index >= 15 is 0 Å². The average molecular weight is 358 g/mol. The lowest BCUT2D eigenvalue weighted by Gasteiger charge is -2.10. The number of rotatable bonds is 3. The molecule has 0 aliphatic rings. The zero-order valence-electron chi connectivity index (χ0n) is 10.1. The van der Waals surface area contributed by atoms with E-state index in [1.807, 2.05) is 30.3 Å². The van der Waals surface area contributed by atoms with Crippen LogP contribution in [0.4, 0.5) is 5.69 Å². The van der Waals surface area contributed by atoms with Crippen molar-refractivity contribution in [2.24, 2.45) is 0 Å². The number of hydrogen-bond donors (Lipinski definition) is 1. The van der Waals surface area contributed by atoms with Gasteiger partial charge in [0.25, 0.3) is 0 Å². The maximum absolute atomic E-state index is 11.6. The van der Waals surface area contributed by atoms with Crippen molar-refractivity contribution in [3.05, 3.63) is 46.9 Å². The standard InChI is InChI=1S/C13H12BrNO2S2/c1-19(16,17)12-8-4-7-11(13(12)15)18-10-6-3-2-5-9(10)14/h2-8H,15H2,1H3. The fourth-order valence-corrected chi connectivity index (χ4v) is 3.93. The third kappa shape index (κ3) is 3.32. The molecular weight excluding hydrogens is 346 g/mol. The molecule has 0 heterocycles. The number of nitrogen functional groups attached to an aromatic ring is 1. The van der Waals surface area contributed by atoms with Crippen LogP contribution in [0.1, 0.15) is 0 Å². The van der Waals surface area contributed by atoms with Gasteiger partial charge in [-0.25, -0.2) is 8.42 Å². The van der Waals surface area contributed by atoms with Gasteiger partial charge in [0.2, 0.25) is 0 Å². The molecule has 100 valence electrons. The molecule has 0 fully saturated rings. The summed E-state index contributed by atoms with van der Waals surface area (Å²) in [7, 11) is -3.31. The Morgan fingerprint density at radius 3 is 2.32 bits per heavy atom. The van der Waals surface area contributed by atoms with E-state index in [0.29, 0.717) is 5.69 Å². The molecule has 0 amide bonds. The number of sulfone groups is 1. The Labute approximate surface area is 125 Å². The molecule has 0 aliphatic heterocycles. The Bertz CT molecular complexity index is 714. The Balaban J connectivity index is 2.46. The van der Waals surface area contributed by atoms with Crippen LogP contribution >= 0.6 is 27.7 Å². The first-order valence-corrected chi connectivity index (χ1v) is 8.90. The van der Waals surface area contributed by atoms with Gasteiger partial charge in [0, 0.05) is 20.5 Å². The van der Waals surface area contributed by atoms with Crippen molar-refractivity contribution in [3.63, 3.8) is 0 Å². The topological polar surface area (TPSA) is 60.2 Å². The molecule has 0 unspecified atom stereocenters. The van der Waals surface area contributed by atoms with Crippen LogP contribution < -0.4 is 5.73 Å². The fourth-order valence-electron chi connectivity index (χ4n) is 1.58. The van der Waals surface area contributed by atoms with Crippen molar-refractivity contribution >= 4 is 43.2 Å². The van der Waals surface area contributed by atoms with Crippen molar-refractivity contribution in [2.75, 3.05) is 12.0 Å². The Hall–Kier alpha value is -0.980. The summed E-state index contributed by atoms with van der Waals surface area (Å²) in [5.74, 6) is 0. The van der Waals surface area contributed by atoms with E-state index in [4.69, 9.17) is 5.73 Å². The molecule has 6 heteroatoms. The minimum Gasteiger partial charge on any atom is -0.397 e. The van der Waals surface area contributed by atoms with Crippen molar-refractivity contribution in [1.82, 2.24) is 0 Å². The molecular formula is C13H12BrNO2S2. The third-order valence-corrected chi connectivity index (χ3v) is 5.74. The minimum absolute atomic E-state index is 0.171. The van der Waals surface area contributed by atoms with Crippen molar-refractivity contribution in [3.8, 4) is 0 Å². The highest BCUT2D eigenvalue weighted by Gasteiger charge is 2.15. The van der Waals surface area contributed by atoms with Gasteiger partial charge in [0.05, 0.1) is 10.6 Å². The molecule has 0 bridgehead atoms. The van der Waals surface area contributed by atoms with Crippen LogP contribution in [0, 0.1) is 0 Å². The lowest BCUT2D eigenvalue weighted by molar-refractivity contribution is 0.602. The van der Waals surface area contributed by atoms with Crippen LogP contribution in [0.25, 0.3) is 0 Å². The normalized spacial score (nSPS) is 11.5. The molecule has 0 saturated carbocycles. The molecule has 0 spiro atoms. The molecule has 2 N–H and O–H groups in total. The zero-order chi connectivity index (χ0) is 14.0. The summed E-state index contributed by atoms with van der Waals surface area (Å²) in [6.45, 7) is 0. The van der Waals surface area contributed by atoms with E-state index in [2.05, 4.69) is 15.9 Å². The highest BCUT2D eigenvalue weighted by Crippen LogP contribution is 2.38. The lowest BCUT2D eigenvalue weighted by atomic mass is 10.3. The van der Waals surface area contributed by atoms with Gasteiger partial charge in [-0.2, -0.15) is 0 Å². The van der Waals surface area contributed by atoms with Crippen LogP contribution in [0.5, 0.6) is 0 Å². The van der Waals surface area contributed by atoms with Crippen molar-refractivity contribution < 1.29 is 8.42 Å². The zero-order valence-corrected chi connectivity index (χ0v) is 13.3. The van der Waals surface area contributed by atoms with Crippen LogP contribution in [-0.2, 0) is 9.84 Å². The molecule has 0 aliphatic carbocycles. The van der Waals surface area contributed by atoms with E-state index < -0.39 is 9.84 Å².